The van der Waals surface area contributed by atoms with Crippen LogP contribution in [0.1, 0.15) is 36.6 Å². The van der Waals surface area contributed by atoms with Crippen molar-refractivity contribution in [3.63, 3.8) is 0 Å². The van der Waals surface area contributed by atoms with Gasteiger partial charge in [0, 0.05) is 29.7 Å². The number of piperidine rings is 1. The number of aliphatic hydroxyl groups excluding tert-OH is 1. The molecule has 2 fully saturated rings. The van der Waals surface area contributed by atoms with E-state index in [0.29, 0.717) is 12.0 Å². The van der Waals surface area contributed by atoms with Gasteiger partial charge in [-0.15, -0.1) is 0 Å². The van der Waals surface area contributed by atoms with Crippen molar-refractivity contribution in [3.8, 4) is 0 Å². The molecular formula is C21H27N2O3+. The fourth-order valence-electron chi connectivity index (χ4n) is 6.01. The Morgan fingerprint density at radius 1 is 1.31 bits per heavy atom. The van der Waals surface area contributed by atoms with Gasteiger partial charge in [0.05, 0.1) is 37.9 Å². The van der Waals surface area contributed by atoms with E-state index >= 15 is 0 Å². The number of carbonyl (C=O) groups is 1. The summed E-state index contributed by atoms with van der Waals surface area (Å²) < 4.78 is 5.05. The molecule has 6 atom stereocenters. The van der Waals surface area contributed by atoms with Gasteiger partial charge >= 0.3 is 5.97 Å². The zero-order chi connectivity index (χ0) is 17.8. The van der Waals surface area contributed by atoms with Crippen LogP contribution in [0.15, 0.2) is 24.3 Å². The van der Waals surface area contributed by atoms with Gasteiger partial charge in [0.15, 0.2) is 0 Å². The van der Waals surface area contributed by atoms with Gasteiger partial charge in [-0.25, -0.2) is 0 Å². The van der Waals surface area contributed by atoms with Gasteiger partial charge < -0.3 is 19.7 Å². The van der Waals surface area contributed by atoms with E-state index in [1.807, 2.05) is 0 Å². The van der Waals surface area contributed by atoms with Gasteiger partial charge in [-0.1, -0.05) is 18.2 Å². The van der Waals surface area contributed by atoms with Crippen molar-refractivity contribution in [2.45, 2.75) is 37.8 Å². The number of fused-ring (bicyclic) bond motifs is 6. The molecule has 1 aliphatic carbocycles. The highest BCUT2D eigenvalue weighted by molar-refractivity contribution is 5.85. The Labute approximate surface area is 153 Å². The van der Waals surface area contributed by atoms with E-state index in [9.17, 15) is 9.90 Å². The molecule has 0 amide bonds. The molecule has 5 nitrogen and oxygen atoms in total. The highest BCUT2D eigenvalue weighted by atomic mass is 16.5. The van der Waals surface area contributed by atoms with E-state index in [1.54, 1.807) is 4.90 Å². The molecule has 5 rings (SSSR count). The number of carbonyl (C=O) groups excluding carboxylic acids is 1. The molecule has 5 heteroatoms. The molecular weight excluding hydrogens is 328 g/mol. The summed E-state index contributed by atoms with van der Waals surface area (Å²) in [5, 5.41) is 11.8. The maximum absolute atomic E-state index is 12.4. The molecule has 26 heavy (non-hydrogen) atoms. The molecule has 2 aliphatic heterocycles. The molecule has 3 aliphatic rings. The summed E-state index contributed by atoms with van der Waals surface area (Å²) in [6.07, 6.45) is 3.25. The summed E-state index contributed by atoms with van der Waals surface area (Å²) >= 11 is 0. The molecule has 1 aromatic heterocycles. The zero-order valence-electron chi connectivity index (χ0n) is 15.2. The number of hydrogen-bond donors (Lipinski definition) is 3. The zero-order valence-corrected chi connectivity index (χ0v) is 15.2. The summed E-state index contributed by atoms with van der Waals surface area (Å²) in [5.41, 5.74) is 4.03. The summed E-state index contributed by atoms with van der Waals surface area (Å²) in [6, 6.07) is 8.95. The van der Waals surface area contributed by atoms with Crippen LogP contribution in [0.5, 0.6) is 0 Å². The van der Waals surface area contributed by atoms with Crippen molar-refractivity contribution >= 4 is 16.9 Å². The Bertz CT molecular complexity index is 845. The molecule has 0 radical (unpaired) electrons. The van der Waals surface area contributed by atoms with Crippen LogP contribution in [-0.4, -0.2) is 42.4 Å². The van der Waals surface area contributed by atoms with E-state index in [1.165, 1.54) is 29.3 Å². The average Bonchev–Trinajstić information content (AvgIpc) is 3.05. The number of esters is 1. The van der Waals surface area contributed by atoms with Gasteiger partial charge in [-0.05, 0) is 30.4 Å². The predicted octanol–water partition coefficient (Wildman–Crippen LogP) is 1.23. The monoisotopic (exact) mass is 355 g/mol. The Hall–Kier alpha value is -1.85. The van der Waals surface area contributed by atoms with Crippen LogP contribution >= 0.6 is 0 Å². The lowest BCUT2D eigenvalue weighted by Crippen LogP contribution is -3.15. The quantitative estimate of drug-likeness (QED) is 0.674. The van der Waals surface area contributed by atoms with Gasteiger partial charge in [-0.3, -0.25) is 4.79 Å². The minimum absolute atomic E-state index is 0.220. The van der Waals surface area contributed by atoms with Crippen molar-refractivity contribution in [1.82, 2.24) is 4.98 Å². The second-order valence-electron chi connectivity index (χ2n) is 8.33. The molecule has 2 aromatic rings. The highest BCUT2D eigenvalue weighted by Crippen LogP contribution is 2.43. The molecule has 1 saturated carbocycles. The fraction of sp³-hybridized carbons (Fsp3) is 0.571. The van der Waals surface area contributed by atoms with E-state index in [0.717, 1.165) is 38.8 Å². The first-order valence-corrected chi connectivity index (χ1v) is 9.87. The summed E-state index contributed by atoms with van der Waals surface area (Å²) in [5.74, 6) is 0.135. The number of aromatic nitrogens is 1. The third-order valence-electron chi connectivity index (χ3n) is 7.20. The predicted molar refractivity (Wildman–Crippen MR) is 97.8 cm³/mol. The molecule has 0 bridgehead atoms. The van der Waals surface area contributed by atoms with Crippen molar-refractivity contribution in [3.05, 3.63) is 35.5 Å². The van der Waals surface area contributed by atoms with Crippen LogP contribution in [0.25, 0.3) is 10.9 Å². The van der Waals surface area contributed by atoms with Gasteiger partial charge in [-0.2, -0.15) is 0 Å². The molecule has 1 unspecified atom stereocenters. The number of benzene rings is 1. The summed E-state index contributed by atoms with van der Waals surface area (Å²) in [4.78, 5) is 17.7. The van der Waals surface area contributed by atoms with Crippen molar-refractivity contribution in [2.75, 3.05) is 20.2 Å². The maximum Gasteiger partial charge on any atom is 0.311 e. The SMILES string of the molecule is COC(=O)[C@H]1[C@H]2C[C@H]3c4[nH]c5ccccc5c4CC[NH+]3C[C@@H]2CC[C@@H]1O. The Morgan fingerprint density at radius 2 is 2.15 bits per heavy atom. The number of hydrogen-bond acceptors (Lipinski definition) is 3. The van der Waals surface area contributed by atoms with Crippen LogP contribution in [0.3, 0.4) is 0 Å². The fourth-order valence-corrected chi connectivity index (χ4v) is 6.01. The summed E-state index contributed by atoms with van der Waals surface area (Å²) in [6.45, 7) is 2.26. The second-order valence-corrected chi connectivity index (χ2v) is 8.33. The smallest absolute Gasteiger partial charge is 0.311 e. The summed E-state index contributed by atoms with van der Waals surface area (Å²) in [7, 11) is 1.44. The number of quaternary nitrogens is 1. The van der Waals surface area contributed by atoms with E-state index < -0.39 is 6.10 Å². The third kappa shape index (κ3) is 2.33. The molecule has 0 spiro atoms. The lowest BCUT2D eigenvalue weighted by atomic mass is 9.65. The number of ether oxygens (including phenoxy) is 1. The van der Waals surface area contributed by atoms with E-state index in [2.05, 4.69) is 29.2 Å². The number of nitrogens with one attached hydrogen (secondary N) is 2. The molecule has 138 valence electrons. The van der Waals surface area contributed by atoms with Gasteiger partial charge in [0.1, 0.15) is 6.04 Å². The number of aromatic amines is 1. The highest BCUT2D eigenvalue weighted by Gasteiger charge is 2.51. The second kappa shape index (κ2) is 6.10. The first kappa shape index (κ1) is 16.3. The van der Waals surface area contributed by atoms with E-state index in [4.69, 9.17) is 4.74 Å². The number of aliphatic hydroxyl groups is 1. The van der Waals surface area contributed by atoms with Crippen LogP contribution in [0.2, 0.25) is 0 Å². The van der Waals surface area contributed by atoms with Crippen LogP contribution in [-0.2, 0) is 16.0 Å². The van der Waals surface area contributed by atoms with Crippen molar-refractivity contribution in [1.29, 1.82) is 0 Å². The number of rotatable bonds is 1. The minimum atomic E-state index is -0.559. The van der Waals surface area contributed by atoms with Crippen LogP contribution in [0, 0.1) is 17.8 Å². The van der Waals surface area contributed by atoms with Crippen molar-refractivity contribution in [2.24, 2.45) is 17.8 Å². The van der Waals surface area contributed by atoms with Gasteiger partial charge in [0.25, 0.3) is 0 Å². The Kier molecular flexibility index (Phi) is 3.83. The Balaban J connectivity index is 1.52. The first-order valence-electron chi connectivity index (χ1n) is 9.87. The standard InChI is InChI=1S/C21H26N2O3/c1-26-21(25)19-15-10-17-20-14(13-4-2-3-5-16(13)22-20)8-9-23(17)11-12(15)6-7-18(19)24/h2-5,12,15,17-19,22,24H,6-11H2,1H3/p+1/t12-,15-,17-,18-,19-/m0/s1. The number of para-hydroxylation sites is 1. The molecule has 3 N–H and O–H groups in total. The Morgan fingerprint density at radius 3 is 3.00 bits per heavy atom. The minimum Gasteiger partial charge on any atom is -0.469 e. The van der Waals surface area contributed by atoms with Crippen LogP contribution in [0.4, 0.5) is 0 Å². The van der Waals surface area contributed by atoms with Crippen LogP contribution < -0.4 is 4.90 Å². The topological polar surface area (TPSA) is 66.8 Å². The third-order valence-corrected chi connectivity index (χ3v) is 7.20. The number of methoxy groups -OCH3 is 1. The lowest BCUT2D eigenvalue weighted by molar-refractivity contribution is -0.945. The molecule has 1 aromatic carbocycles. The number of H-pyrrole nitrogens is 1. The molecule has 3 heterocycles. The lowest BCUT2D eigenvalue weighted by Gasteiger charge is -2.48. The maximum atomic E-state index is 12.4. The first-order chi connectivity index (χ1) is 12.7. The van der Waals surface area contributed by atoms with Crippen molar-refractivity contribution < 1.29 is 19.5 Å². The largest absolute Gasteiger partial charge is 0.469 e. The van der Waals surface area contributed by atoms with Gasteiger partial charge in [0.2, 0.25) is 0 Å². The van der Waals surface area contributed by atoms with E-state index in [-0.39, 0.29) is 17.8 Å². The average molecular weight is 355 g/mol. The normalized spacial score (nSPS) is 36.1. The molecule has 1 saturated heterocycles.